The third-order valence-corrected chi connectivity index (χ3v) is 2.67. The molecular formula is C11H15N3S. The Balaban J connectivity index is 2.90. The lowest BCUT2D eigenvalue weighted by molar-refractivity contribution is 1.10. The molecule has 1 rings (SSSR count). The zero-order valence-corrected chi connectivity index (χ0v) is 10.1. The first-order valence-electron chi connectivity index (χ1n) is 4.80. The van der Waals surface area contributed by atoms with Gasteiger partial charge in [-0.15, -0.1) is 0 Å². The van der Waals surface area contributed by atoms with Crippen LogP contribution in [0.25, 0.3) is 0 Å². The molecule has 0 unspecified atom stereocenters. The largest absolute Gasteiger partial charge is 0.383 e. The molecule has 0 aliphatic heterocycles. The van der Waals surface area contributed by atoms with Crippen LogP contribution < -0.4 is 5.32 Å². The van der Waals surface area contributed by atoms with Crippen molar-refractivity contribution in [3.63, 3.8) is 0 Å². The van der Waals surface area contributed by atoms with Gasteiger partial charge < -0.3 is 5.32 Å². The van der Waals surface area contributed by atoms with E-state index in [4.69, 9.17) is 5.26 Å². The quantitative estimate of drug-likeness (QED) is 0.793. The number of anilines is 1. The Morgan fingerprint density at radius 1 is 1.53 bits per heavy atom. The average molecular weight is 221 g/mol. The Bertz CT molecular complexity index is 382. The molecule has 0 amide bonds. The fourth-order valence-electron chi connectivity index (χ4n) is 1.40. The lowest BCUT2D eigenvalue weighted by atomic mass is 10.1. The number of rotatable bonds is 4. The first kappa shape index (κ1) is 11.9. The van der Waals surface area contributed by atoms with Crippen molar-refractivity contribution in [2.24, 2.45) is 0 Å². The van der Waals surface area contributed by atoms with Crippen molar-refractivity contribution in [3.05, 3.63) is 23.0 Å². The van der Waals surface area contributed by atoms with E-state index in [1.165, 1.54) is 0 Å². The van der Waals surface area contributed by atoms with Crippen molar-refractivity contribution < 1.29 is 0 Å². The summed E-state index contributed by atoms with van der Waals surface area (Å²) in [7, 11) is 0. The Morgan fingerprint density at radius 2 is 2.27 bits per heavy atom. The summed E-state index contributed by atoms with van der Waals surface area (Å²) in [5, 5.41) is 12.3. The third kappa shape index (κ3) is 3.14. The van der Waals surface area contributed by atoms with Gasteiger partial charge in [0.15, 0.2) is 0 Å². The molecule has 0 bridgehead atoms. The van der Waals surface area contributed by atoms with Crippen LogP contribution in [0.15, 0.2) is 6.07 Å². The van der Waals surface area contributed by atoms with E-state index in [0.29, 0.717) is 5.56 Å². The molecule has 1 N–H and O–H groups in total. The number of aromatic nitrogens is 1. The topological polar surface area (TPSA) is 48.7 Å². The molecule has 0 spiro atoms. The summed E-state index contributed by atoms with van der Waals surface area (Å²) in [6.45, 7) is 4.68. The second-order valence-corrected chi connectivity index (χ2v) is 4.29. The Morgan fingerprint density at radius 3 is 2.87 bits per heavy atom. The molecule has 80 valence electrons. The summed E-state index contributed by atoms with van der Waals surface area (Å²) in [6.07, 6.45) is 2.07. The third-order valence-electron chi connectivity index (χ3n) is 2.06. The fourth-order valence-corrected chi connectivity index (χ4v) is 1.70. The van der Waals surface area contributed by atoms with Crippen molar-refractivity contribution >= 4 is 17.4 Å². The average Bonchev–Trinajstić information content (AvgIpc) is 2.17. The van der Waals surface area contributed by atoms with Gasteiger partial charge in [-0.05, 0) is 26.2 Å². The maximum Gasteiger partial charge on any atom is 0.103 e. The minimum absolute atomic E-state index is 0.654. The van der Waals surface area contributed by atoms with Gasteiger partial charge in [-0.1, -0.05) is 0 Å². The monoisotopic (exact) mass is 221 g/mol. The highest BCUT2D eigenvalue weighted by Crippen LogP contribution is 2.18. The van der Waals surface area contributed by atoms with Crippen molar-refractivity contribution in [3.8, 4) is 6.07 Å². The minimum Gasteiger partial charge on any atom is -0.383 e. The number of pyridine rings is 1. The number of nitriles is 1. The van der Waals surface area contributed by atoms with Crippen LogP contribution in [0.2, 0.25) is 0 Å². The molecule has 3 nitrogen and oxygen atoms in total. The zero-order valence-electron chi connectivity index (χ0n) is 9.29. The summed E-state index contributed by atoms with van der Waals surface area (Å²) in [5.41, 5.74) is 3.29. The van der Waals surface area contributed by atoms with Crippen molar-refractivity contribution in [2.45, 2.75) is 13.8 Å². The second-order valence-electron chi connectivity index (χ2n) is 3.30. The molecule has 0 aromatic carbocycles. The predicted octanol–water partition coefficient (Wildman–Crippen LogP) is 2.35. The molecule has 0 atom stereocenters. The van der Waals surface area contributed by atoms with E-state index in [2.05, 4.69) is 22.6 Å². The van der Waals surface area contributed by atoms with Crippen molar-refractivity contribution in [1.29, 1.82) is 5.26 Å². The van der Waals surface area contributed by atoms with E-state index in [1.807, 2.05) is 19.9 Å². The summed E-state index contributed by atoms with van der Waals surface area (Å²) in [4.78, 5) is 4.27. The highest BCUT2D eigenvalue weighted by atomic mass is 32.2. The van der Waals surface area contributed by atoms with Crippen LogP contribution in [0.5, 0.6) is 0 Å². The van der Waals surface area contributed by atoms with Crippen LogP contribution >= 0.6 is 11.8 Å². The normalized spacial score (nSPS) is 9.73. The summed E-state index contributed by atoms with van der Waals surface area (Å²) < 4.78 is 0. The molecular weight excluding hydrogens is 206 g/mol. The van der Waals surface area contributed by atoms with E-state index >= 15 is 0 Å². The van der Waals surface area contributed by atoms with E-state index in [-0.39, 0.29) is 0 Å². The smallest absolute Gasteiger partial charge is 0.103 e. The van der Waals surface area contributed by atoms with Gasteiger partial charge in [0.2, 0.25) is 0 Å². The van der Waals surface area contributed by atoms with Gasteiger partial charge in [0.25, 0.3) is 0 Å². The Labute approximate surface area is 94.9 Å². The number of nitrogens with zero attached hydrogens (tertiary/aromatic N) is 2. The van der Waals surface area contributed by atoms with Gasteiger partial charge >= 0.3 is 0 Å². The highest BCUT2D eigenvalue weighted by Gasteiger charge is 2.06. The second kappa shape index (κ2) is 5.62. The Kier molecular flexibility index (Phi) is 4.44. The minimum atomic E-state index is 0.654. The molecule has 0 saturated heterocycles. The van der Waals surface area contributed by atoms with E-state index < -0.39 is 0 Å². The van der Waals surface area contributed by atoms with Crippen molar-refractivity contribution in [1.82, 2.24) is 4.98 Å². The van der Waals surface area contributed by atoms with Gasteiger partial charge in [0, 0.05) is 18.0 Å². The first-order chi connectivity index (χ1) is 7.19. The molecule has 1 aromatic heterocycles. The molecule has 0 radical (unpaired) electrons. The number of hydrogen-bond donors (Lipinski definition) is 1. The number of thioether (sulfide) groups is 1. The van der Waals surface area contributed by atoms with E-state index in [0.717, 1.165) is 29.4 Å². The SMILES string of the molecule is CSCCNc1cc(C)nc(C)c1C#N. The molecule has 1 aromatic rings. The maximum absolute atomic E-state index is 9.01. The van der Waals surface area contributed by atoms with Crippen LogP contribution in [0.4, 0.5) is 5.69 Å². The van der Waals surface area contributed by atoms with Gasteiger partial charge in [-0.3, -0.25) is 4.98 Å². The summed E-state index contributed by atoms with van der Waals surface area (Å²) in [5.74, 6) is 1.03. The predicted molar refractivity (Wildman–Crippen MR) is 65.3 cm³/mol. The number of nitrogens with one attached hydrogen (secondary N) is 1. The molecule has 4 heteroatoms. The van der Waals surface area contributed by atoms with Gasteiger partial charge in [-0.2, -0.15) is 17.0 Å². The first-order valence-corrected chi connectivity index (χ1v) is 6.19. The van der Waals surface area contributed by atoms with Crippen LogP contribution in [0.1, 0.15) is 17.0 Å². The van der Waals surface area contributed by atoms with E-state index in [9.17, 15) is 0 Å². The zero-order chi connectivity index (χ0) is 11.3. The molecule has 15 heavy (non-hydrogen) atoms. The Hall–Kier alpha value is -1.21. The van der Waals surface area contributed by atoms with Crippen LogP contribution in [0.3, 0.4) is 0 Å². The summed E-state index contributed by atoms with van der Waals surface area (Å²) in [6, 6.07) is 4.11. The summed E-state index contributed by atoms with van der Waals surface area (Å²) >= 11 is 1.78. The van der Waals surface area contributed by atoms with Crippen LogP contribution in [0, 0.1) is 25.2 Å². The maximum atomic E-state index is 9.01. The lowest BCUT2D eigenvalue weighted by Crippen LogP contribution is -2.07. The van der Waals surface area contributed by atoms with Crippen molar-refractivity contribution in [2.75, 3.05) is 23.9 Å². The lowest BCUT2D eigenvalue weighted by Gasteiger charge is -2.09. The molecule has 0 aliphatic rings. The van der Waals surface area contributed by atoms with Gasteiger partial charge in [0.1, 0.15) is 6.07 Å². The van der Waals surface area contributed by atoms with E-state index in [1.54, 1.807) is 11.8 Å². The number of aryl methyl sites for hydroxylation is 2. The van der Waals surface area contributed by atoms with Crippen LogP contribution in [-0.4, -0.2) is 23.5 Å². The molecule has 1 heterocycles. The molecule has 0 saturated carbocycles. The molecule has 0 aliphatic carbocycles. The molecule has 0 fully saturated rings. The number of hydrogen-bond acceptors (Lipinski definition) is 4. The standard InChI is InChI=1S/C11H15N3S/c1-8-6-11(13-4-5-15-3)10(7-12)9(2)14-8/h6H,4-5H2,1-3H3,(H,13,14). The van der Waals surface area contributed by atoms with Crippen LogP contribution in [-0.2, 0) is 0 Å². The fraction of sp³-hybridized carbons (Fsp3) is 0.455. The van der Waals surface area contributed by atoms with Gasteiger partial charge in [0.05, 0.1) is 16.9 Å². The van der Waals surface area contributed by atoms with Gasteiger partial charge in [-0.25, -0.2) is 0 Å². The highest BCUT2D eigenvalue weighted by molar-refractivity contribution is 7.98.